The number of fused-ring (bicyclic) bond motifs is 1. The molecule has 0 unspecified atom stereocenters. The molecule has 0 spiro atoms. The molecule has 1 amide bonds. The summed E-state index contributed by atoms with van der Waals surface area (Å²) in [5.41, 5.74) is 6.32. The highest BCUT2D eigenvalue weighted by Gasteiger charge is 2.28. The van der Waals surface area contributed by atoms with Crippen molar-refractivity contribution in [3.63, 3.8) is 0 Å². The molecule has 0 bridgehead atoms. The van der Waals surface area contributed by atoms with Crippen LogP contribution < -0.4 is 20.1 Å². The molecule has 126 valence electrons. The zero-order valence-corrected chi connectivity index (χ0v) is 15.1. The van der Waals surface area contributed by atoms with Gasteiger partial charge in [0, 0.05) is 5.02 Å². The molecule has 1 aliphatic heterocycles. The molecule has 7 heteroatoms. The summed E-state index contributed by atoms with van der Waals surface area (Å²) in [6.45, 7) is 1.44. The predicted octanol–water partition coefficient (Wildman–Crippen LogP) is 3.23. The summed E-state index contributed by atoms with van der Waals surface area (Å²) in [5.74, 6) is 0.892. The first kappa shape index (κ1) is 16.9. The van der Waals surface area contributed by atoms with Crippen LogP contribution in [0, 0.1) is 0 Å². The summed E-state index contributed by atoms with van der Waals surface area (Å²) in [4.78, 5) is 13.5. The Morgan fingerprint density at radius 3 is 2.92 bits per heavy atom. The van der Waals surface area contributed by atoms with Crippen molar-refractivity contribution in [1.82, 2.24) is 0 Å². The SMILES string of the molecule is NC(=O)[C@H]1CN(CCOc2ccc(Cl)cc2Br)c2ccccc2O1. The number of amides is 1. The van der Waals surface area contributed by atoms with E-state index >= 15 is 0 Å². The number of nitrogens with two attached hydrogens (primary N) is 1. The lowest BCUT2D eigenvalue weighted by molar-refractivity contribution is -0.124. The van der Waals surface area contributed by atoms with Crippen LogP contribution in [-0.2, 0) is 4.79 Å². The van der Waals surface area contributed by atoms with E-state index in [1.165, 1.54) is 0 Å². The summed E-state index contributed by atoms with van der Waals surface area (Å²) in [6.07, 6.45) is -0.665. The van der Waals surface area contributed by atoms with Crippen LogP contribution in [0.4, 0.5) is 5.69 Å². The first-order valence-electron chi connectivity index (χ1n) is 7.42. The maximum absolute atomic E-state index is 11.5. The molecule has 5 nitrogen and oxygen atoms in total. The zero-order chi connectivity index (χ0) is 17.1. The monoisotopic (exact) mass is 410 g/mol. The Morgan fingerprint density at radius 2 is 2.17 bits per heavy atom. The number of halogens is 2. The van der Waals surface area contributed by atoms with Crippen molar-refractivity contribution in [2.24, 2.45) is 5.73 Å². The van der Waals surface area contributed by atoms with Gasteiger partial charge in [-0.25, -0.2) is 0 Å². The lowest BCUT2D eigenvalue weighted by Crippen LogP contribution is -2.48. The number of hydrogen-bond donors (Lipinski definition) is 1. The van der Waals surface area contributed by atoms with Gasteiger partial charge in [-0.15, -0.1) is 0 Å². The van der Waals surface area contributed by atoms with Gasteiger partial charge in [-0.3, -0.25) is 4.79 Å². The van der Waals surface area contributed by atoms with Crippen molar-refractivity contribution in [3.8, 4) is 11.5 Å². The van der Waals surface area contributed by atoms with Crippen molar-refractivity contribution in [2.45, 2.75) is 6.10 Å². The Morgan fingerprint density at radius 1 is 1.38 bits per heavy atom. The first-order chi connectivity index (χ1) is 11.5. The van der Waals surface area contributed by atoms with Gasteiger partial charge in [-0.05, 0) is 46.3 Å². The summed E-state index contributed by atoms with van der Waals surface area (Å²) < 4.78 is 12.2. The molecule has 0 radical (unpaired) electrons. The van der Waals surface area contributed by atoms with Gasteiger partial charge < -0.3 is 20.1 Å². The molecular formula is C17H16BrClN2O3. The van der Waals surface area contributed by atoms with Crippen LogP contribution in [0.15, 0.2) is 46.9 Å². The molecule has 0 aliphatic carbocycles. The van der Waals surface area contributed by atoms with E-state index in [4.69, 9.17) is 26.8 Å². The number of carbonyl (C=O) groups is 1. The Hall–Kier alpha value is -1.92. The molecule has 0 saturated carbocycles. The Kier molecular flexibility index (Phi) is 5.16. The number of benzene rings is 2. The van der Waals surface area contributed by atoms with Crippen molar-refractivity contribution in [3.05, 3.63) is 52.0 Å². The highest BCUT2D eigenvalue weighted by molar-refractivity contribution is 9.10. The van der Waals surface area contributed by atoms with E-state index in [0.29, 0.717) is 36.2 Å². The quantitative estimate of drug-likeness (QED) is 0.820. The highest BCUT2D eigenvalue weighted by atomic mass is 79.9. The van der Waals surface area contributed by atoms with Gasteiger partial charge in [0.1, 0.15) is 18.1 Å². The lowest BCUT2D eigenvalue weighted by Gasteiger charge is -2.34. The van der Waals surface area contributed by atoms with E-state index in [0.717, 1.165) is 10.2 Å². The van der Waals surface area contributed by atoms with Crippen LogP contribution in [0.5, 0.6) is 11.5 Å². The average molecular weight is 412 g/mol. The van der Waals surface area contributed by atoms with Gasteiger partial charge in [0.2, 0.25) is 0 Å². The number of rotatable bonds is 5. The maximum Gasteiger partial charge on any atom is 0.260 e. The molecule has 0 saturated heterocycles. The molecule has 2 aromatic carbocycles. The van der Waals surface area contributed by atoms with Gasteiger partial charge in [0.25, 0.3) is 5.91 Å². The van der Waals surface area contributed by atoms with Gasteiger partial charge in [0.05, 0.1) is 23.2 Å². The van der Waals surface area contributed by atoms with E-state index in [1.807, 2.05) is 35.2 Å². The Balaban J connectivity index is 1.68. The van der Waals surface area contributed by atoms with Gasteiger partial charge >= 0.3 is 0 Å². The van der Waals surface area contributed by atoms with Crippen molar-refractivity contribution < 1.29 is 14.3 Å². The lowest BCUT2D eigenvalue weighted by atomic mass is 10.2. The second-order valence-corrected chi connectivity index (χ2v) is 6.64. The van der Waals surface area contributed by atoms with Crippen molar-refractivity contribution >= 4 is 39.1 Å². The van der Waals surface area contributed by atoms with E-state index in [-0.39, 0.29) is 0 Å². The molecule has 24 heavy (non-hydrogen) atoms. The Labute approximate surface area is 153 Å². The number of primary amides is 1. The van der Waals surface area contributed by atoms with E-state index in [1.54, 1.807) is 12.1 Å². The normalized spacial score (nSPS) is 16.2. The van der Waals surface area contributed by atoms with Crippen LogP contribution >= 0.6 is 27.5 Å². The second-order valence-electron chi connectivity index (χ2n) is 5.35. The van der Waals surface area contributed by atoms with Crippen LogP contribution in [0.1, 0.15) is 0 Å². The van der Waals surface area contributed by atoms with Crippen molar-refractivity contribution in [2.75, 3.05) is 24.6 Å². The number of anilines is 1. The van der Waals surface area contributed by atoms with Crippen LogP contribution in [0.3, 0.4) is 0 Å². The zero-order valence-electron chi connectivity index (χ0n) is 12.7. The molecule has 1 heterocycles. The van der Waals surface area contributed by atoms with Crippen LogP contribution in [0.25, 0.3) is 0 Å². The summed E-state index contributed by atoms with van der Waals surface area (Å²) in [6, 6.07) is 12.9. The fourth-order valence-electron chi connectivity index (χ4n) is 2.52. The topological polar surface area (TPSA) is 64.8 Å². The van der Waals surface area contributed by atoms with Crippen LogP contribution in [-0.4, -0.2) is 31.7 Å². The summed E-state index contributed by atoms with van der Waals surface area (Å²) >= 11 is 9.35. The average Bonchev–Trinajstić information content (AvgIpc) is 2.56. The minimum absolute atomic E-state index is 0.400. The van der Waals surface area contributed by atoms with Gasteiger partial charge in [-0.1, -0.05) is 23.7 Å². The molecule has 1 aliphatic rings. The van der Waals surface area contributed by atoms with E-state index in [9.17, 15) is 4.79 Å². The highest BCUT2D eigenvalue weighted by Crippen LogP contribution is 2.33. The third kappa shape index (κ3) is 3.76. The third-order valence-corrected chi connectivity index (χ3v) is 4.55. The van der Waals surface area contributed by atoms with Crippen molar-refractivity contribution in [1.29, 1.82) is 0 Å². The summed E-state index contributed by atoms with van der Waals surface area (Å²) in [7, 11) is 0. The maximum atomic E-state index is 11.5. The summed E-state index contributed by atoms with van der Waals surface area (Å²) in [5, 5.41) is 0.639. The first-order valence-corrected chi connectivity index (χ1v) is 8.59. The Bertz CT molecular complexity index is 756. The molecule has 1 atom stereocenters. The number of hydrogen-bond acceptors (Lipinski definition) is 4. The number of para-hydroxylation sites is 2. The fraction of sp³-hybridized carbons (Fsp3) is 0.235. The second kappa shape index (κ2) is 7.32. The third-order valence-electron chi connectivity index (χ3n) is 3.69. The minimum atomic E-state index is -0.665. The molecular weight excluding hydrogens is 396 g/mol. The molecule has 2 aromatic rings. The number of carbonyl (C=O) groups excluding carboxylic acids is 1. The standard InChI is InChI=1S/C17H16BrClN2O3/c18-12-9-11(19)5-6-14(12)23-8-7-21-10-16(17(20)22)24-15-4-2-1-3-13(15)21/h1-6,9,16H,7-8,10H2,(H2,20,22)/t16-/m1/s1. The fourth-order valence-corrected chi connectivity index (χ4v) is 3.32. The smallest absolute Gasteiger partial charge is 0.260 e. The van der Waals surface area contributed by atoms with Gasteiger partial charge in [-0.2, -0.15) is 0 Å². The van der Waals surface area contributed by atoms with Crippen LogP contribution in [0.2, 0.25) is 5.02 Å². The predicted molar refractivity (Wildman–Crippen MR) is 96.9 cm³/mol. The number of nitrogens with zero attached hydrogens (tertiary/aromatic N) is 1. The molecule has 2 N–H and O–H groups in total. The van der Waals surface area contributed by atoms with E-state index in [2.05, 4.69) is 15.9 Å². The number of ether oxygens (including phenoxy) is 2. The molecule has 0 aromatic heterocycles. The largest absolute Gasteiger partial charge is 0.491 e. The molecule has 3 rings (SSSR count). The van der Waals surface area contributed by atoms with Gasteiger partial charge in [0.15, 0.2) is 6.10 Å². The van der Waals surface area contributed by atoms with E-state index < -0.39 is 12.0 Å². The molecule has 0 fully saturated rings. The minimum Gasteiger partial charge on any atom is -0.491 e.